The van der Waals surface area contributed by atoms with E-state index in [0.29, 0.717) is 0 Å². The van der Waals surface area contributed by atoms with Gasteiger partial charge in [0, 0.05) is 20.3 Å². The first kappa shape index (κ1) is 14.7. The highest BCUT2D eigenvalue weighted by atomic mass is 16.5. The predicted octanol–water partition coefficient (Wildman–Crippen LogP) is 2.70. The van der Waals surface area contributed by atoms with Crippen molar-refractivity contribution in [2.24, 2.45) is 0 Å². The van der Waals surface area contributed by atoms with E-state index in [2.05, 4.69) is 11.4 Å². The second kappa shape index (κ2) is 9.64. The zero-order valence-electron chi connectivity index (χ0n) is 11.1. The summed E-state index contributed by atoms with van der Waals surface area (Å²) in [5.74, 6) is -0.0508. The van der Waals surface area contributed by atoms with Gasteiger partial charge in [0.25, 0.3) is 0 Å². The van der Waals surface area contributed by atoms with E-state index >= 15 is 0 Å². The molecule has 0 fully saturated rings. The Kier molecular flexibility index (Phi) is 7.87. The largest absolute Gasteiger partial charge is 0.385 e. The highest BCUT2D eigenvalue weighted by Gasteiger charge is 2.08. The third kappa shape index (κ3) is 5.81. The summed E-state index contributed by atoms with van der Waals surface area (Å²) in [5, 5.41) is 12.5. The molecule has 1 rings (SSSR count). The molecule has 0 aliphatic carbocycles. The number of hydrogen-bond donors (Lipinski definition) is 1. The maximum absolute atomic E-state index is 9.15. The fourth-order valence-electron chi connectivity index (χ4n) is 1.84. The number of ether oxygens (including phenoxy) is 1. The van der Waals surface area contributed by atoms with Gasteiger partial charge < -0.3 is 10.1 Å². The van der Waals surface area contributed by atoms with Crippen LogP contribution in [0.4, 0.5) is 0 Å². The Hall–Kier alpha value is -1.37. The van der Waals surface area contributed by atoms with Crippen molar-refractivity contribution in [1.29, 1.82) is 5.26 Å². The molecule has 0 aliphatic rings. The molecule has 0 bridgehead atoms. The fourth-order valence-corrected chi connectivity index (χ4v) is 1.84. The third-order valence-corrected chi connectivity index (χ3v) is 2.91. The van der Waals surface area contributed by atoms with Gasteiger partial charge in [0.2, 0.25) is 0 Å². The Morgan fingerprint density at radius 2 is 2.00 bits per heavy atom. The first-order valence-electron chi connectivity index (χ1n) is 6.52. The average Bonchev–Trinajstić information content (AvgIpc) is 2.43. The minimum absolute atomic E-state index is 0.0508. The van der Waals surface area contributed by atoms with Crippen molar-refractivity contribution in [3.63, 3.8) is 0 Å². The third-order valence-electron chi connectivity index (χ3n) is 2.91. The molecular formula is C15H22N2O. The summed E-state index contributed by atoms with van der Waals surface area (Å²) in [6.45, 7) is 2.53. The normalized spacial score (nSPS) is 12.0. The molecule has 98 valence electrons. The molecule has 0 aromatic heterocycles. The van der Waals surface area contributed by atoms with Gasteiger partial charge in [-0.2, -0.15) is 5.26 Å². The van der Waals surface area contributed by atoms with Crippen LogP contribution in [-0.2, 0) is 4.74 Å². The van der Waals surface area contributed by atoms with Crippen LogP contribution in [0.25, 0.3) is 0 Å². The van der Waals surface area contributed by atoms with Crippen molar-refractivity contribution < 1.29 is 4.74 Å². The van der Waals surface area contributed by atoms with Gasteiger partial charge >= 0.3 is 0 Å². The average molecular weight is 246 g/mol. The highest BCUT2D eigenvalue weighted by molar-refractivity contribution is 5.24. The Morgan fingerprint density at radius 1 is 1.22 bits per heavy atom. The maximum atomic E-state index is 9.15. The van der Waals surface area contributed by atoms with E-state index in [1.807, 2.05) is 30.3 Å². The van der Waals surface area contributed by atoms with Crippen LogP contribution in [0.15, 0.2) is 30.3 Å². The Morgan fingerprint density at radius 3 is 2.67 bits per heavy atom. The summed E-state index contributed by atoms with van der Waals surface area (Å²) < 4.78 is 5.00. The van der Waals surface area contributed by atoms with Gasteiger partial charge in [-0.25, -0.2) is 0 Å². The monoisotopic (exact) mass is 246 g/mol. The van der Waals surface area contributed by atoms with Crippen molar-refractivity contribution in [2.75, 3.05) is 26.8 Å². The van der Waals surface area contributed by atoms with Crippen LogP contribution < -0.4 is 5.32 Å². The molecule has 1 aromatic rings. The molecule has 0 spiro atoms. The van der Waals surface area contributed by atoms with E-state index in [0.717, 1.165) is 38.1 Å². The maximum Gasteiger partial charge on any atom is 0.0837 e. The summed E-state index contributed by atoms with van der Waals surface area (Å²) in [4.78, 5) is 0. The molecule has 1 N–H and O–H groups in total. The zero-order chi connectivity index (χ0) is 13.1. The second-order valence-corrected chi connectivity index (χ2v) is 4.35. The summed E-state index contributed by atoms with van der Waals surface area (Å²) in [6, 6.07) is 12.3. The van der Waals surface area contributed by atoms with Gasteiger partial charge in [-0.3, -0.25) is 0 Å². The van der Waals surface area contributed by atoms with Crippen molar-refractivity contribution in [2.45, 2.75) is 25.2 Å². The highest BCUT2D eigenvalue weighted by Crippen LogP contribution is 2.12. The Labute approximate surface area is 110 Å². The molecule has 0 saturated carbocycles. The predicted molar refractivity (Wildman–Crippen MR) is 73.4 cm³/mol. The van der Waals surface area contributed by atoms with Crippen LogP contribution in [0.2, 0.25) is 0 Å². The number of nitriles is 1. The van der Waals surface area contributed by atoms with Crippen molar-refractivity contribution >= 4 is 0 Å². The molecule has 0 heterocycles. The molecule has 1 atom stereocenters. The molecule has 0 aliphatic heterocycles. The number of hydrogen-bond acceptors (Lipinski definition) is 3. The lowest BCUT2D eigenvalue weighted by Crippen LogP contribution is -2.22. The lowest BCUT2D eigenvalue weighted by atomic mass is 10.0. The smallest absolute Gasteiger partial charge is 0.0837 e. The van der Waals surface area contributed by atoms with E-state index in [1.165, 1.54) is 6.42 Å². The van der Waals surface area contributed by atoms with Crippen LogP contribution in [0.1, 0.15) is 30.7 Å². The Bertz CT molecular complexity index is 345. The fraction of sp³-hybridized carbons (Fsp3) is 0.533. The number of benzene rings is 1. The van der Waals surface area contributed by atoms with E-state index in [9.17, 15) is 0 Å². The summed E-state index contributed by atoms with van der Waals surface area (Å²) in [7, 11) is 1.73. The number of nitrogens with one attached hydrogen (secondary N) is 1. The summed E-state index contributed by atoms with van der Waals surface area (Å²) in [6.07, 6.45) is 3.41. The molecule has 18 heavy (non-hydrogen) atoms. The number of methoxy groups -OCH3 is 1. The SMILES string of the molecule is COCCCCCNCC(C#N)c1ccccc1. The molecule has 1 unspecified atom stereocenters. The van der Waals surface area contributed by atoms with Gasteiger partial charge in [-0.05, 0) is 31.4 Å². The second-order valence-electron chi connectivity index (χ2n) is 4.35. The molecule has 1 aromatic carbocycles. The zero-order valence-corrected chi connectivity index (χ0v) is 11.1. The number of rotatable bonds is 9. The molecule has 0 radical (unpaired) electrons. The molecule has 0 amide bonds. The van der Waals surface area contributed by atoms with Crippen LogP contribution >= 0.6 is 0 Å². The van der Waals surface area contributed by atoms with Crippen LogP contribution in [0.3, 0.4) is 0 Å². The van der Waals surface area contributed by atoms with E-state index < -0.39 is 0 Å². The van der Waals surface area contributed by atoms with Crippen LogP contribution in [-0.4, -0.2) is 26.8 Å². The standard InChI is InChI=1S/C15H22N2O/c1-18-11-7-3-6-10-17-13-15(12-16)14-8-4-2-5-9-14/h2,4-5,8-9,15,17H,3,6-7,10-11,13H2,1H3. The summed E-state index contributed by atoms with van der Waals surface area (Å²) in [5.41, 5.74) is 1.09. The van der Waals surface area contributed by atoms with Gasteiger partial charge in [-0.15, -0.1) is 0 Å². The van der Waals surface area contributed by atoms with E-state index in [-0.39, 0.29) is 5.92 Å². The quantitative estimate of drug-likeness (QED) is 0.681. The van der Waals surface area contributed by atoms with Gasteiger partial charge in [-0.1, -0.05) is 30.3 Å². The summed E-state index contributed by atoms with van der Waals surface area (Å²) >= 11 is 0. The van der Waals surface area contributed by atoms with Crippen LogP contribution in [0, 0.1) is 11.3 Å². The lowest BCUT2D eigenvalue weighted by molar-refractivity contribution is 0.192. The van der Waals surface area contributed by atoms with Gasteiger partial charge in [0.15, 0.2) is 0 Å². The minimum Gasteiger partial charge on any atom is -0.385 e. The van der Waals surface area contributed by atoms with Crippen molar-refractivity contribution in [1.82, 2.24) is 5.32 Å². The van der Waals surface area contributed by atoms with E-state index in [1.54, 1.807) is 7.11 Å². The Balaban J connectivity index is 2.16. The number of unbranched alkanes of at least 4 members (excludes halogenated alkanes) is 2. The first-order chi connectivity index (χ1) is 8.88. The minimum atomic E-state index is -0.0508. The molecular weight excluding hydrogens is 224 g/mol. The van der Waals surface area contributed by atoms with E-state index in [4.69, 9.17) is 10.00 Å². The molecule has 3 nitrogen and oxygen atoms in total. The number of nitrogens with zero attached hydrogens (tertiary/aromatic N) is 1. The van der Waals surface area contributed by atoms with Gasteiger partial charge in [0.1, 0.15) is 0 Å². The van der Waals surface area contributed by atoms with Gasteiger partial charge in [0.05, 0.1) is 12.0 Å². The molecule has 3 heteroatoms. The van der Waals surface area contributed by atoms with Crippen molar-refractivity contribution in [3.05, 3.63) is 35.9 Å². The van der Waals surface area contributed by atoms with Crippen LogP contribution in [0.5, 0.6) is 0 Å². The lowest BCUT2D eigenvalue weighted by Gasteiger charge is -2.10. The topological polar surface area (TPSA) is 45.0 Å². The first-order valence-corrected chi connectivity index (χ1v) is 6.52. The van der Waals surface area contributed by atoms with Crippen molar-refractivity contribution in [3.8, 4) is 6.07 Å². The molecule has 0 saturated heterocycles.